The van der Waals surface area contributed by atoms with E-state index in [1.165, 1.54) is 5.38 Å². The lowest BCUT2D eigenvalue weighted by Crippen LogP contribution is -2.03. The van der Waals surface area contributed by atoms with Crippen molar-refractivity contribution in [1.29, 1.82) is 0 Å². The highest BCUT2D eigenvalue weighted by Gasteiger charge is 2.34. The number of hydrogen-bond donors (Lipinski definition) is 0. The Balaban J connectivity index is 2.89. The van der Waals surface area contributed by atoms with Crippen LogP contribution in [0.1, 0.15) is 10.7 Å². The van der Waals surface area contributed by atoms with E-state index in [0.29, 0.717) is 21.5 Å². The number of aromatic nitrogens is 1. The van der Waals surface area contributed by atoms with Crippen molar-refractivity contribution >= 4 is 33.9 Å². The fourth-order valence-corrected chi connectivity index (χ4v) is 1.88. The molecule has 0 aliphatic carbocycles. The minimum absolute atomic E-state index is 0.489. The molecule has 62 valence electrons. The van der Waals surface area contributed by atoms with Crippen molar-refractivity contribution in [2.45, 2.75) is 10.6 Å². The summed E-state index contributed by atoms with van der Waals surface area (Å²) >= 11 is 2.61. The minimum Gasteiger partial charge on any atom is -0.236 e. The molecule has 0 atom stereocenters. The van der Waals surface area contributed by atoms with Gasteiger partial charge in [0.1, 0.15) is 0 Å². The molecule has 0 amide bonds. The maximum atomic E-state index is 11.9. The van der Waals surface area contributed by atoms with E-state index in [2.05, 4.69) is 4.98 Å². The summed E-state index contributed by atoms with van der Waals surface area (Å²) in [6.45, 7) is 0. The van der Waals surface area contributed by atoms with Crippen molar-refractivity contribution in [2.24, 2.45) is 0 Å². The van der Waals surface area contributed by atoms with E-state index in [4.69, 9.17) is 0 Å². The number of rotatable bonds is 1. The molecule has 0 aliphatic heterocycles. The number of thiazole rings is 1. The maximum Gasteiger partial charge on any atom is 0.443 e. The third-order valence-electron chi connectivity index (χ3n) is 0.931. The molecule has 0 saturated carbocycles. The van der Waals surface area contributed by atoms with E-state index in [1.807, 2.05) is 22.6 Å². The zero-order chi connectivity index (χ0) is 8.48. The highest BCUT2D eigenvalue weighted by Crippen LogP contribution is 2.31. The van der Waals surface area contributed by atoms with E-state index in [0.717, 1.165) is 0 Å². The Morgan fingerprint density at radius 1 is 1.55 bits per heavy atom. The third-order valence-corrected chi connectivity index (χ3v) is 2.65. The lowest BCUT2D eigenvalue weighted by molar-refractivity contribution is -0.137. The van der Waals surface area contributed by atoms with Crippen molar-refractivity contribution in [1.82, 2.24) is 4.98 Å². The molecule has 1 aromatic heterocycles. The van der Waals surface area contributed by atoms with E-state index in [1.54, 1.807) is 0 Å². The summed E-state index contributed by atoms with van der Waals surface area (Å²) in [4.78, 5) is 3.39. The van der Waals surface area contributed by atoms with E-state index in [-0.39, 0.29) is 0 Å². The highest BCUT2D eigenvalue weighted by molar-refractivity contribution is 14.1. The summed E-state index contributed by atoms with van der Waals surface area (Å²) in [7, 11) is 0. The van der Waals surface area contributed by atoms with Gasteiger partial charge in [0.15, 0.2) is 5.01 Å². The van der Waals surface area contributed by atoms with Gasteiger partial charge in [0.05, 0.1) is 5.69 Å². The fourth-order valence-electron chi connectivity index (χ4n) is 0.499. The molecule has 0 N–H and O–H groups in total. The molecule has 0 radical (unpaired) electrons. The average molecular weight is 293 g/mol. The smallest absolute Gasteiger partial charge is 0.236 e. The van der Waals surface area contributed by atoms with Crippen molar-refractivity contribution in [3.05, 3.63) is 16.1 Å². The lowest BCUT2D eigenvalue weighted by Gasteiger charge is -1.98. The van der Waals surface area contributed by atoms with E-state index >= 15 is 0 Å². The van der Waals surface area contributed by atoms with Gasteiger partial charge in [-0.05, 0) is 0 Å². The summed E-state index contributed by atoms with van der Waals surface area (Å²) in [5.41, 5.74) is 0.489. The van der Waals surface area contributed by atoms with Gasteiger partial charge in [0.25, 0.3) is 0 Å². The minimum atomic E-state index is -4.28. The molecule has 11 heavy (non-hydrogen) atoms. The fraction of sp³-hybridized carbons (Fsp3) is 0.400. The second-order valence-corrected chi connectivity index (χ2v) is 3.40. The van der Waals surface area contributed by atoms with Crippen LogP contribution < -0.4 is 0 Å². The molecule has 0 saturated heterocycles. The van der Waals surface area contributed by atoms with Gasteiger partial charge >= 0.3 is 6.18 Å². The Labute approximate surface area is 78.8 Å². The topological polar surface area (TPSA) is 12.9 Å². The zero-order valence-corrected chi connectivity index (χ0v) is 8.13. The van der Waals surface area contributed by atoms with Gasteiger partial charge in [-0.2, -0.15) is 13.2 Å². The van der Waals surface area contributed by atoms with Gasteiger partial charge in [-0.15, -0.1) is 11.3 Å². The summed E-state index contributed by atoms with van der Waals surface area (Å²) in [5.74, 6) is 0. The van der Waals surface area contributed by atoms with Crippen molar-refractivity contribution in [3.8, 4) is 0 Å². The van der Waals surface area contributed by atoms with Crippen LogP contribution in [0, 0.1) is 0 Å². The van der Waals surface area contributed by atoms with Gasteiger partial charge < -0.3 is 0 Å². The summed E-state index contributed by atoms with van der Waals surface area (Å²) in [6, 6.07) is 0. The van der Waals surface area contributed by atoms with Crippen LogP contribution in [0.3, 0.4) is 0 Å². The Hall–Kier alpha value is 0.150. The first-order chi connectivity index (χ1) is 5.04. The zero-order valence-electron chi connectivity index (χ0n) is 5.15. The van der Waals surface area contributed by atoms with Crippen LogP contribution in [0.2, 0.25) is 0 Å². The van der Waals surface area contributed by atoms with Gasteiger partial charge in [-0.3, -0.25) is 0 Å². The van der Waals surface area contributed by atoms with Crippen LogP contribution in [0.5, 0.6) is 0 Å². The summed E-state index contributed by atoms with van der Waals surface area (Å²) in [6.07, 6.45) is -4.28. The van der Waals surface area contributed by atoms with Crippen LogP contribution in [0.25, 0.3) is 0 Å². The van der Waals surface area contributed by atoms with Crippen LogP contribution >= 0.6 is 33.9 Å². The summed E-state index contributed by atoms with van der Waals surface area (Å²) in [5, 5.41) is 0.666. The Kier molecular flexibility index (Phi) is 2.74. The summed E-state index contributed by atoms with van der Waals surface area (Å²) < 4.78 is 36.2. The van der Waals surface area contributed by atoms with Crippen LogP contribution in [-0.2, 0) is 10.6 Å². The number of halogens is 4. The Morgan fingerprint density at radius 2 is 2.18 bits per heavy atom. The lowest BCUT2D eigenvalue weighted by atomic mass is 10.6. The molecule has 0 fully saturated rings. The van der Waals surface area contributed by atoms with E-state index in [9.17, 15) is 13.2 Å². The van der Waals surface area contributed by atoms with Crippen molar-refractivity contribution < 1.29 is 13.2 Å². The predicted molar refractivity (Wildman–Crippen MR) is 44.8 cm³/mol. The predicted octanol–water partition coefficient (Wildman–Crippen LogP) is 3.10. The second-order valence-electron chi connectivity index (χ2n) is 1.78. The SMILES string of the molecule is FC(F)(F)c1nc(CI)cs1. The largest absolute Gasteiger partial charge is 0.443 e. The van der Waals surface area contributed by atoms with Gasteiger partial charge in [-0.25, -0.2) is 4.98 Å². The maximum absolute atomic E-state index is 11.9. The van der Waals surface area contributed by atoms with Crippen LogP contribution in [0.15, 0.2) is 5.38 Å². The van der Waals surface area contributed by atoms with E-state index < -0.39 is 11.2 Å². The first-order valence-corrected chi connectivity index (χ1v) is 5.02. The highest BCUT2D eigenvalue weighted by atomic mass is 127. The van der Waals surface area contributed by atoms with Gasteiger partial charge in [0, 0.05) is 9.81 Å². The molecule has 1 rings (SSSR count). The molecular formula is C5H3F3INS. The van der Waals surface area contributed by atoms with Crippen LogP contribution in [-0.4, -0.2) is 4.98 Å². The van der Waals surface area contributed by atoms with Crippen LogP contribution in [0.4, 0.5) is 13.2 Å². The molecule has 0 spiro atoms. The van der Waals surface area contributed by atoms with Gasteiger partial charge in [-0.1, -0.05) is 22.6 Å². The second kappa shape index (κ2) is 3.26. The quantitative estimate of drug-likeness (QED) is 0.573. The molecule has 1 nitrogen and oxygen atoms in total. The Morgan fingerprint density at radius 3 is 2.45 bits per heavy atom. The normalized spacial score (nSPS) is 12.0. The Bertz CT molecular complexity index is 244. The number of nitrogens with zero attached hydrogens (tertiary/aromatic N) is 1. The first kappa shape index (κ1) is 9.24. The molecule has 6 heteroatoms. The number of hydrogen-bond acceptors (Lipinski definition) is 2. The average Bonchev–Trinajstić information content (AvgIpc) is 2.32. The molecule has 0 aromatic carbocycles. The molecule has 0 bridgehead atoms. The van der Waals surface area contributed by atoms with Gasteiger partial charge in [0.2, 0.25) is 0 Å². The number of alkyl halides is 4. The first-order valence-electron chi connectivity index (χ1n) is 2.61. The molecule has 1 heterocycles. The molecule has 0 unspecified atom stereocenters. The van der Waals surface area contributed by atoms with Crippen molar-refractivity contribution in [3.63, 3.8) is 0 Å². The molecular weight excluding hydrogens is 290 g/mol. The molecule has 1 aromatic rings. The monoisotopic (exact) mass is 293 g/mol. The molecule has 0 aliphatic rings. The third kappa shape index (κ3) is 2.29. The standard InChI is InChI=1S/C5H3F3INS/c6-5(7,8)4-10-3(1-9)2-11-4/h2H,1H2. The van der Waals surface area contributed by atoms with Crippen molar-refractivity contribution in [2.75, 3.05) is 0 Å².